The van der Waals surface area contributed by atoms with Crippen molar-refractivity contribution >= 4 is 0 Å². The lowest BCUT2D eigenvalue weighted by Crippen LogP contribution is -2.15. The molecule has 0 aliphatic carbocycles. The first-order valence-corrected chi connectivity index (χ1v) is 6.06. The maximum atomic E-state index is 5.09. The number of nitrogens with one attached hydrogen (secondary N) is 1. The third-order valence-corrected chi connectivity index (χ3v) is 2.93. The summed E-state index contributed by atoms with van der Waals surface area (Å²) < 4.78 is 7.22. The van der Waals surface area contributed by atoms with E-state index in [1.165, 1.54) is 12.0 Å². The van der Waals surface area contributed by atoms with Crippen molar-refractivity contribution < 1.29 is 4.52 Å². The fraction of sp³-hybridized carbons (Fsp3) is 0.462. The van der Waals surface area contributed by atoms with Crippen molar-refractivity contribution in [2.45, 2.75) is 32.4 Å². The molecule has 1 unspecified atom stereocenters. The van der Waals surface area contributed by atoms with Gasteiger partial charge < -0.3 is 14.4 Å². The Morgan fingerprint density at radius 1 is 1.47 bits per heavy atom. The van der Waals surface area contributed by atoms with Gasteiger partial charge in [0, 0.05) is 24.5 Å². The molecule has 0 saturated carbocycles. The molecule has 0 aliphatic rings. The monoisotopic (exact) mass is 233 g/mol. The van der Waals surface area contributed by atoms with E-state index in [-0.39, 0.29) is 0 Å². The molecule has 1 N–H and O–H groups in total. The number of nitrogens with zero attached hydrogens (tertiary/aromatic N) is 2. The number of hydrogen-bond donors (Lipinski definition) is 1. The molecule has 0 aromatic carbocycles. The second-order valence-electron chi connectivity index (χ2n) is 4.23. The van der Waals surface area contributed by atoms with E-state index >= 15 is 0 Å². The molecule has 2 heterocycles. The molecule has 2 aromatic rings. The van der Waals surface area contributed by atoms with Crippen molar-refractivity contribution in [3.05, 3.63) is 42.0 Å². The van der Waals surface area contributed by atoms with E-state index in [0.717, 1.165) is 18.7 Å². The van der Waals surface area contributed by atoms with Gasteiger partial charge in [0.2, 0.25) is 0 Å². The van der Waals surface area contributed by atoms with Gasteiger partial charge in [0.05, 0.1) is 12.7 Å². The van der Waals surface area contributed by atoms with E-state index in [0.29, 0.717) is 6.04 Å². The van der Waals surface area contributed by atoms with Crippen LogP contribution < -0.4 is 5.32 Å². The molecule has 0 aliphatic heterocycles. The van der Waals surface area contributed by atoms with Crippen LogP contribution in [0, 0.1) is 0 Å². The van der Waals surface area contributed by atoms with Crippen LogP contribution in [0.4, 0.5) is 0 Å². The molecule has 0 spiro atoms. The van der Waals surface area contributed by atoms with Crippen molar-refractivity contribution in [3.63, 3.8) is 0 Å². The van der Waals surface area contributed by atoms with Crippen molar-refractivity contribution in [1.29, 1.82) is 0 Å². The summed E-state index contributed by atoms with van der Waals surface area (Å²) in [6.07, 6.45) is 8.26. The second kappa shape index (κ2) is 5.68. The zero-order valence-electron chi connectivity index (χ0n) is 10.4. The van der Waals surface area contributed by atoms with E-state index in [2.05, 4.69) is 40.4 Å². The maximum absolute atomic E-state index is 5.09. The van der Waals surface area contributed by atoms with Crippen LogP contribution in [0.2, 0.25) is 0 Å². The Kier molecular flexibility index (Phi) is 3.98. The Morgan fingerprint density at radius 3 is 3.00 bits per heavy atom. The average Bonchev–Trinajstić information content (AvgIpc) is 2.98. The molecule has 2 rings (SSSR count). The van der Waals surface area contributed by atoms with Crippen LogP contribution in [0.3, 0.4) is 0 Å². The fourth-order valence-corrected chi connectivity index (χ4v) is 2.03. The molecular weight excluding hydrogens is 214 g/mol. The van der Waals surface area contributed by atoms with Crippen LogP contribution in [0.15, 0.2) is 35.2 Å². The van der Waals surface area contributed by atoms with E-state index in [1.807, 2.05) is 13.1 Å². The third kappa shape index (κ3) is 2.97. The lowest BCUT2D eigenvalue weighted by molar-refractivity contribution is 0.376. The molecule has 17 heavy (non-hydrogen) atoms. The van der Waals surface area contributed by atoms with Gasteiger partial charge >= 0.3 is 0 Å². The predicted octanol–water partition coefficient (Wildman–Crippen LogP) is 2.59. The Morgan fingerprint density at radius 2 is 2.35 bits per heavy atom. The highest BCUT2D eigenvalue weighted by Crippen LogP contribution is 2.18. The Labute approximate surface area is 102 Å². The number of hydrogen-bond acceptors (Lipinski definition) is 3. The minimum absolute atomic E-state index is 0.441. The third-order valence-electron chi connectivity index (χ3n) is 2.93. The Bertz CT molecular complexity index is 433. The van der Waals surface area contributed by atoms with Gasteiger partial charge in [0.15, 0.2) is 5.76 Å². The quantitative estimate of drug-likeness (QED) is 0.834. The van der Waals surface area contributed by atoms with Gasteiger partial charge in [0.1, 0.15) is 0 Å². The van der Waals surface area contributed by atoms with Crippen LogP contribution >= 0.6 is 0 Å². The highest BCUT2D eigenvalue weighted by Gasteiger charge is 2.09. The summed E-state index contributed by atoms with van der Waals surface area (Å²) in [6.45, 7) is 2.94. The Balaban J connectivity index is 2.04. The van der Waals surface area contributed by atoms with Crippen LogP contribution in [-0.2, 0) is 6.54 Å². The summed E-state index contributed by atoms with van der Waals surface area (Å²) in [7, 11) is 2.01. The van der Waals surface area contributed by atoms with E-state index < -0.39 is 0 Å². The summed E-state index contributed by atoms with van der Waals surface area (Å²) >= 11 is 0. The normalized spacial score (nSPS) is 12.8. The zero-order chi connectivity index (χ0) is 12.1. The molecular formula is C13H19N3O. The largest absolute Gasteiger partial charge is 0.359 e. The fourth-order valence-electron chi connectivity index (χ4n) is 2.03. The van der Waals surface area contributed by atoms with Gasteiger partial charge in [-0.05, 0) is 25.1 Å². The average molecular weight is 233 g/mol. The summed E-state index contributed by atoms with van der Waals surface area (Å²) in [5.74, 6) is 0.878. The summed E-state index contributed by atoms with van der Waals surface area (Å²) in [5, 5.41) is 7.05. The molecule has 0 saturated heterocycles. The van der Waals surface area contributed by atoms with Gasteiger partial charge in [-0.1, -0.05) is 18.5 Å². The lowest BCUT2D eigenvalue weighted by atomic mass is 10.1. The lowest BCUT2D eigenvalue weighted by Gasteiger charge is -2.13. The first kappa shape index (κ1) is 11.9. The second-order valence-corrected chi connectivity index (χ2v) is 4.23. The van der Waals surface area contributed by atoms with Crippen molar-refractivity contribution in [3.8, 4) is 0 Å². The van der Waals surface area contributed by atoms with Crippen LogP contribution in [0.5, 0.6) is 0 Å². The summed E-state index contributed by atoms with van der Waals surface area (Å²) in [4.78, 5) is 0. The highest BCUT2D eigenvalue weighted by molar-refractivity contribution is 5.16. The van der Waals surface area contributed by atoms with Crippen LogP contribution in [-0.4, -0.2) is 16.8 Å². The van der Waals surface area contributed by atoms with Crippen LogP contribution in [0.25, 0.3) is 0 Å². The minimum Gasteiger partial charge on any atom is -0.359 e. The van der Waals surface area contributed by atoms with E-state index in [1.54, 1.807) is 6.20 Å². The topological polar surface area (TPSA) is 43.0 Å². The highest BCUT2D eigenvalue weighted by atomic mass is 16.5. The minimum atomic E-state index is 0.441. The van der Waals surface area contributed by atoms with E-state index in [9.17, 15) is 0 Å². The SMILES string of the molecule is CCCC(NC)c1ccn(Cc2ccno2)c1. The van der Waals surface area contributed by atoms with Gasteiger partial charge in [-0.15, -0.1) is 0 Å². The van der Waals surface area contributed by atoms with Gasteiger partial charge in [-0.25, -0.2) is 0 Å². The van der Waals surface area contributed by atoms with Crippen molar-refractivity contribution in [2.75, 3.05) is 7.05 Å². The zero-order valence-corrected chi connectivity index (χ0v) is 10.4. The first-order chi connectivity index (χ1) is 8.33. The molecule has 1 atom stereocenters. The molecule has 4 heteroatoms. The first-order valence-electron chi connectivity index (χ1n) is 6.06. The number of aromatic nitrogens is 2. The standard InChI is InChI=1S/C13H19N3O/c1-3-4-13(14-2)11-6-8-16(9-11)10-12-5-7-15-17-12/h5-9,13-14H,3-4,10H2,1-2H3. The molecule has 0 fully saturated rings. The number of rotatable bonds is 6. The summed E-state index contributed by atoms with van der Waals surface area (Å²) in [5.41, 5.74) is 1.33. The molecule has 0 amide bonds. The Hall–Kier alpha value is -1.55. The summed E-state index contributed by atoms with van der Waals surface area (Å²) in [6, 6.07) is 4.49. The van der Waals surface area contributed by atoms with Crippen molar-refractivity contribution in [2.24, 2.45) is 0 Å². The van der Waals surface area contributed by atoms with Gasteiger partial charge in [-0.3, -0.25) is 0 Å². The maximum Gasteiger partial charge on any atom is 0.156 e. The van der Waals surface area contributed by atoms with Crippen LogP contribution in [0.1, 0.15) is 37.1 Å². The molecule has 2 aromatic heterocycles. The molecule has 92 valence electrons. The van der Waals surface area contributed by atoms with Gasteiger partial charge in [-0.2, -0.15) is 0 Å². The molecule has 0 bridgehead atoms. The predicted molar refractivity (Wildman–Crippen MR) is 66.7 cm³/mol. The van der Waals surface area contributed by atoms with Gasteiger partial charge in [0.25, 0.3) is 0 Å². The molecule has 4 nitrogen and oxygen atoms in total. The smallest absolute Gasteiger partial charge is 0.156 e. The van der Waals surface area contributed by atoms with E-state index in [4.69, 9.17) is 4.52 Å². The molecule has 0 radical (unpaired) electrons. The van der Waals surface area contributed by atoms with Crippen molar-refractivity contribution in [1.82, 2.24) is 15.0 Å².